The number of furan rings is 1. The summed E-state index contributed by atoms with van der Waals surface area (Å²) < 4.78 is 54.3. The molecule has 0 spiro atoms. The lowest BCUT2D eigenvalue weighted by Gasteiger charge is -2.17. The molecule has 2 heterocycles. The van der Waals surface area contributed by atoms with Crippen LogP contribution in [0.2, 0.25) is 0 Å². The third-order valence-corrected chi connectivity index (χ3v) is 6.58. The van der Waals surface area contributed by atoms with Crippen LogP contribution in [0.15, 0.2) is 21.6 Å². The molecule has 0 aromatic carbocycles. The van der Waals surface area contributed by atoms with Crippen molar-refractivity contribution in [3.05, 3.63) is 17.9 Å². The SMILES string of the molecule is CNCc1ccc(S(=O)(=O)N2CCCS(=O)(=O)CC2)o1. The fraction of sp³-hybridized carbons (Fsp3) is 0.636. The maximum Gasteiger partial charge on any atom is 0.276 e. The molecule has 1 N–H and O–H groups in total. The fourth-order valence-electron chi connectivity index (χ4n) is 2.05. The molecule has 0 unspecified atom stereocenters. The first-order valence-corrected chi connectivity index (χ1v) is 9.55. The second-order valence-electron chi connectivity index (χ2n) is 4.66. The van der Waals surface area contributed by atoms with Crippen LogP contribution in [0.5, 0.6) is 0 Å². The predicted octanol–water partition coefficient (Wildman–Crippen LogP) is -0.192. The number of sulfone groups is 1. The van der Waals surface area contributed by atoms with Crippen molar-refractivity contribution in [3.8, 4) is 0 Å². The highest BCUT2D eigenvalue weighted by molar-refractivity contribution is 7.91. The monoisotopic (exact) mass is 322 g/mol. The van der Waals surface area contributed by atoms with Gasteiger partial charge in [0.15, 0.2) is 9.84 Å². The van der Waals surface area contributed by atoms with Crippen LogP contribution >= 0.6 is 0 Å². The van der Waals surface area contributed by atoms with Gasteiger partial charge in [0.05, 0.1) is 18.1 Å². The van der Waals surface area contributed by atoms with Crippen LogP contribution in [0.4, 0.5) is 0 Å². The Bertz CT molecular complexity index is 663. The van der Waals surface area contributed by atoms with E-state index in [2.05, 4.69) is 5.32 Å². The van der Waals surface area contributed by atoms with Crippen LogP contribution in [0.3, 0.4) is 0 Å². The smallest absolute Gasteiger partial charge is 0.276 e. The average Bonchev–Trinajstić information content (AvgIpc) is 2.75. The summed E-state index contributed by atoms with van der Waals surface area (Å²) in [4.78, 5) is 0. The number of rotatable bonds is 4. The van der Waals surface area contributed by atoms with E-state index in [1.54, 1.807) is 13.1 Å². The normalized spacial score (nSPS) is 20.6. The molecular formula is C11H18N2O5S2. The van der Waals surface area contributed by atoms with E-state index in [0.29, 0.717) is 18.7 Å². The lowest BCUT2D eigenvalue weighted by atomic mass is 10.4. The van der Waals surface area contributed by atoms with Gasteiger partial charge in [-0.1, -0.05) is 0 Å². The number of nitrogens with one attached hydrogen (secondary N) is 1. The molecule has 7 nitrogen and oxygen atoms in total. The zero-order chi connectivity index (χ0) is 14.8. The standard InChI is InChI=1S/C11H18N2O5S2/c1-12-9-10-3-4-11(18-10)20(16,17)13-5-2-7-19(14,15)8-6-13/h3-4,12H,2,5-9H2,1H3. The zero-order valence-corrected chi connectivity index (χ0v) is 12.8. The van der Waals surface area contributed by atoms with Crippen molar-refractivity contribution in [1.82, 2.24) is 9.62 Å². The van der Waals surface area contributed by atoms with Gasteiger partial charge in [-0.15, -0.1) is 0 Å². The zero-order valence-electron chi connectivity index (χ0n) is 11.2. The van der Waals surface area contributed by atoms with Gasteiger partial charge in [0.25, 0.3) is 10.0 Å². The molecule has 0 atom stereocenters. The topological polar surface area (TPSA) is 96.7 Å². The van der Waals surface area contributed by atoms with Crippen LogP contribution in [0.25, 0.3) is 0 Å². The molecule has 1 aliphatic rings. The number of sulfonamides is 1. The minimum atomic E-state index is -3.76. The van der Waals surface area contributed by atoms with Crippen molar-refractivity contribution in [2.75, 3.05) is 31.6 Å². The molecule has 2 rings (SSSR count). The van der Waals surface area contributed by atoms with Crippen molar-refractivity contribution in [3.63, 3.8) is 0 Å². The first kappa shape index (κ1) is 15.5. The molecule has 0 aliphatic carbocycles. The Hall–Kier alpha value is -0.900. The van der Waals surface area contributed by atoms with Gasteiger partial charge >= 0.3 is 0 Å². The predicted molar refractivity (Wildman–Crippen MR) is 73.5 cm³/mol. The Morgan fingerprint density at radius 2 is 2.05 bits per heavy atom. The largest absolute Gasteiger partial charge is 0.447 e. The van der Waals surface area contributed by atoms with E-state index in [1.807, 2.05) is 0 Å². The van der Waals surface area contributed by atoms with Gasteiger partial charge in [0, 0.05) is 13.1 Å². The molecule has 0 amide bonds. The van der Waals surface area contributed by atoms with E-state index in [4.69, 9.17) is 4.42 Å². The molecule has 0 saturated carbocycles. The summed E-state index contributed by atoms with van der Waals surface area (Å²) in [5.74, 6) is 0.409. The first-order valence-electron chi connectivity index (χ1n) is 6.29. The Balaban J connectivity index is 2.20. The van der Waals surface area contributed by atoms with Crippen LogP contribution in [-0.4, -0.2) is 52.8 Å². The van der Waals surface area contributed by atoms with Crippen molar-refractivity contribution >= 4 is 19.9 Å². The molecule has 1 aliphatic heterocycles. The second kappa shape index (κ2) is 5.84. The van der Waals surface area contributed by atoms with E-state index in [1.165, 1.54) is 10.4 Å². The van der Waals surface area contributed by atoms with Gasteiger partial charge in [-0.25, -0.2) is 16.8 Å². The minimum absolute atomic E-state index is 0.0211. The molecule has 1 aromatic rings. The van der Waals surface area contributed by atoms with E-state index in [9.17, 15) is 16.8 Å². The fourth-order valence-corrected chi connectivity index (χ4v) is 4.84. The highest BCUT2D eigenvalue weighted by atomic mass is 32.2. The molecule has 1 aromatic heterocycles. The molecule has 0 radical (unpaired) electrons. The average molecular weight is 322 g/mol. The summed E-state index contributed by atoms with van der Waals surface area (Å²) in [6.45, 7) is 0.611. The maximum atomic E-state index is 12.4. The second-order valence-corrected chi connectivity index (χ2v) is 8.83. The quantitative estimate of drug-likeness (QED) is 0.825. The number of hydrogen-bond acceptors (Lipinski definition) is 6. The van der Waals surface area contributed by atoms with Crippen molar-refractivity contribution in [1.29, 1.82) is 0 Å². The van der Waals surface area contributed by atoms with Crippen molar-refractivity contribution in [2.45, 2.75) is 18.1 Å². The lowest BCUT2D eigenvalue weighted by molar-refractivity contribution is 0.373. The van der Waals surface area contributed by atoms with Crippen LogP contribution < -0.4 is 5.32 Å². The van der Waals surface area contributed by atoms with E-state index >= 15 is 0 Å². The molecule has 1 fully saturated rings. The molecule has 1 saturated heterocycles. The van der Waals surface area contributed by atoms with E-state index < -0.39 is 19.9 Å². The lowest BCUT2D eigenvalue weighted by Crippen LogP contribution is -2.33. The molecule has 114 valence electrons. The molecule has 0 bridgehead atoms. The van der Waals surface area contributed by atoms with Gasteiger partial charge in [0.1, 0.15) is 5.76 Å². The van der Waals surface area contributed by atoms with Gasteiger partial charge in [-0.2, -0.15) is 4.31 Å². The third kappa shape index (κ3) is 3.40. The summed E-state index contributed by atoms with van der Waals surface area (Å²) in [6, 6.07) is 3.00. The van der Waals surface area contributed by atoms with Crippen molar-refractivity contribution in [2.24, 2.45) is 0 Å². The Kier molecular flexibility index (Phi) is 4.52. The first-order chi connectivity index (χ1) is 9.35. The van der Waals surface area contributed by atoms with E-state index in [0.717, 1.165) is 0 Å². The van der Waals surface area contributed by atoms with Crippen molar-refractivity contribution < 1.29 is 21.3 Å². The van der Waals surface area contributed by atoms with Gasteiger partial charge < -0.3 is 9.73 Å². The van der Waals surface area contributed by atoms with E-state index in [-0.39, 0.29) is 29.7 Å². The van der Waals surface area contributed by atoms with Crippen LogP contribution in [-0.2, 0) is 26.4 Å². The van der Waals surface area contributed by atoms with Gasteiger partial charge in [-0.3, -0.25) is 0 Å². The minimum Gasteiger partial charge on any atom is -0.447 e. The highest BCUT2D eigenvalue weighted by Gasteiger charge is 2.31. The third-order valence-electron chi connectivity index (χ3n) is 3.10. The van der Waals surface area contributed by atoms with Gasteiger partial charge in [0.2, 0.25) is 5.09 Å². The summed E-state index contributed by atoms with van der Waals surface area (Å²) in [5, 5.41) is 2.73. The Labute approximate surface area is 118 Å². The Morgan fingerprint density at radius 1 is 1.30 bits per heavy atom. The van der Waals surface area contributed by atoms with Gasteiger partial charge in [-0.05, 0) is 25.6 Å². The highest BCUT2D eigenvalue weighted by Crippen LogP contribution is 2.20. The maximum absolute atomic E-state index is 12.4. The molecule has 20 heavy (non-hydrogen) atoms. The molecule has 9 heteroatoms. The Morgan fingerprint density at radius 3 is 2.75 bits per heavy atom. The number of nitrogens with zero attached hydrogens (tertiary/aromatic N) is 1. The molecular weight excluding hydrogens is 304 g/mol. The summed E-state index contributed by atoms with van der Waals surface area (Å²) in [5.41, 5.74) is 0. The summed E-state index contributed by atoms with van der Waals surface area (Å²) >= 11 is 0. The summed E-state index contributed by atoms with van der Waals surface area (Å²) in [7, 11) is -5.17. The van der Waals surface area contributed by atoms with Crippen LogP contribution in [0.1, 0.15) is 12.2 Å². The summed E-state index contributed by atoms with van der Waals surface area (Å²) in [6.07, 6.45) is 0.311. The number of hydrogen-bond donors (Lipinski definition) is 1. The van der Waals surface area contributed by atoms with Crippen LogP contribution in [0, 0.1) is 0 Å².